The van der Waals surface area contributed by atoms with Gasteiger partial charge >= 0.3 is 0 Å². The molecule has 0 saturated carbocycles. The Morgan fingerprint density at radius 1 is 1.14 bits per heavy atom. The number of rotatable bonds is 8. The molecule has 0 saturated heterocycles. The van der Waals surface area contributed by atoms with Crippen LogP contribution in [0.1, 0.15) is 4.88 Å². The highest BCUT2D eigenvalue weighted by molar-refractivity contribution is 7.93. The fourth-order valence-corrected chi connectivity index (χ4v) is 4.23. The second kappa shape index (κ2) is 8.71. The Kier molecular flexibility index (Phi) is 6.10. The van der Waals surface area contributed by atoms with E-state index in [0.717, 1.165) is 10.9 Å². The maximum atomic E-state index is 13.0. The number of nitrogens with one attached hydrogen (secondary N) is 2. The highest BCUT2D eigenvalue weighted by Crippen LogP contribution is 2.31. The number of hydrogen-bond acceptors (Lipinski definition) is 8. The smallest absolute Gasteiger partial charge is 0.270 e. The highest BCUT2D eigenvalue weighted by Gasteiger charge is 2.23. The summed E-state index contributed by atoms with van der Waals surface area (Å²) in [7, 11) is -2.78. The van der Waals surface area contributed by atoms with Crippen molar-refractivity contribution in [2.45, 2.75) is 4.90 Å². The van der Waals surface area contributed by atoms with Gasteiger partial charge in [-0.2, -0.15) is 5.10 Å². The molecular formula is C18H16N4O5S2. The SMILES string of the molecule is COc1ccccc1NS(=O)(=O)c1cc([N+](=O)[O-])ccc1NN=Cc1cccs1. The number of sulfonamides is 1. The highest BCUT2D eigenvalue weighted by atomic mass is 32.2. The lowest BCUT2D eigenvalue weighted by Gasteiger charge is -2.14. The van der Waals surface area contributed by atoms with Crippen molar-refractivity contribution in [1.82, 2.24) is 0 Å². The summed E-state index contributed by atoms with van der Waals surface area (Å²) in [5.74, 6) is 0.312. The Morgan fingerprint density at radius 2 is 1.93 bits per heavy atom. The number of non-ortho nitro benzene ring substituents is 1. The Bertz CT molecular complexity index is 1140. The number of anilines is 2. The molecule has 2 aromatic carbocycles. The van der Waals surface area contributed by atoms with Gasteiger partial charge in [0, 0.05) is 17.0 Å². The van der Waals surface area contributed by atoms with Crippen molar-refractivity contribution in [3.05, 3.63) is 75.0 Å². The lowest BCUT2D eigenvalue weighted by molar-refractivity contribution is -0.385. The van der Waals surface area contributed by atoms with Crippen molar-refractivity contribution >= 4 is 44.6 Å². The number of nitro groups is 1. The van der Waals surface area contributed by atoms with Crippen LogP contribution < -0.4 is 14.9 Å². The third-order valence-corrected chi connectivity index (χ3v) is 5.95. The summed E-state index contributed by atoms with van der Waals surface area (Å²) in [6.45, 7) is 0. The molecule has 0 aliphatic rings. The molecule has 0 aliphatic heterocycles. The van der Waals surface area contributed by atoms with Crippen molar-refractivity contribution in [3.63, 3.8) is 0 Å². The van der Waals surface area contributed by atoms with E-state index in [1.807, 2.05) is 17.5 Å². The van der Waals surface area contributed by atoms with Crippen LogP contribution in [-0.2, 0) is 10.0 Å². The average molecular weight is 432 g/mol. The molecule has 1 aromatic heterocycles. The van der Waals surface area contributed by atoms with Gasteiger partial charge < -0.3 is 4.74 Å². The molecule has 0 atom stereocenters. The van der Waals surface area contributed by atoms with Gasteiger partial charge in [0.1, 0.15) is 10.6 Å². The molecule has 3 rings (SSSR count). The van der Waals surface area contributed by atoms with Crippen molar-refractivity contribution in [2.75, 3.05) is 17.3 Å². The summed E-state index contributed by atoms with van der Waals surface area (Å²) in [4.78, 5) is 11.0. The number of hydrogen-bond donors (Lipinski definition) is 2. The van der Waals surface area contributed by atoms with Gasteiger partial charge in [0.05, 0.1) is 29.6 Å². The van der Waals surface area contributed by atoms with Crippen molar-refractivity contribution in [2.24, 2.45) is 5.10 Å². The first-order valence-electron chi connectivity index (χ1n) is 8.17. The lowest BCUT2D eigenvalue weighted by atomic mass is 10.3. The van der Waals surface area contributed by atoms with Crippen LogP contribution in [0, 0.1) is 10.1 Å². The third kappa shape index (κ3) is 4.89. The largest absolute Gasteiger partial charge is 0.495 e. The fourth-order valence-electron chi connectivity index (χ4n) is 2.40. The molecule has 1 heterocycles. The van der Waals surface area contributed by atoms with Crippen molar-refractivity contribution in [1.29, 1.82) is 0 Å². The van der Waals surface area contributed by atoms with Crippen molar-refractivity contribution < 1.29 is 18.1 Å². The lowest BCUT2D eigenvalue weighted by Crippen LogP contribution is -2.15. The number of nitro benzene ring substituents is 1. The number of thiophene rings is 1. The molecule has 0 amide bonds. The molecule has 0 unspecified atom stereocenters. The minimum atomic E-state index is -4.19. The Morgan fingerprint density at radius 3 is 2.62 bits per heavy atom. The molecule has 150 valence electrons. The fraction of sp³-hybridized carbons (Fsp3) is 0.0556. The van der Waals surface area contributed by atoms with Gasteiger partial charge in [-0.25, -0.2) is 8.42 Å². The van der Waals surface area contributed by atoms with E-state index in [0.29, 0.717) is 5.75 Å². The van der Waals surface area contributed by atoms with Crippen LogP contribution in [0.4, 0.5) is 17.1 Å². The van der Waals surface area contributed by atoms with Gasteiger partial charge in [0.15, 0.2) is 0 Å². The summed E-state index contributed by atoms with van der Waals surface area (Å²) >= 11 is 1.46. The summed E-state index contributed by atoms with van der Waals surface area (Å²) in [5, 5.41) is 17.0. The van der Waals surface area contributed by atoms with Gasteiger partial charge in [-0.05, 0) is 29.6 Å². The topological polar surface area (TPSA) is 123 Å². The van der Waals surface area contributed by atoms with Gasteiger partial charge in [-0.15, -0.1) is 11.3 Å². The second-order valence-corrected chi connectivity index (χ2v) is 8.26. The van der Waals surface area contributed by atoms with E-state index in [9.17, 15) is 18.5 Å². The first-order chi connectivity index (χ1) is 13.9. The third-order valence-electron chi connectivity index (χ3n) is 3.74. The zero-order chi connectivity index (χ0) is 20.9. The van der Waals surface area contributed by atoms with Gasteiger partial charge in [-0.3, -0.25) is 20.3 Å². The predicted molar refractivity (Wildman–Crippen MR) is 112 cm³/mol. The molecule has 11 heteroatoms. The van der Waals surface area contributed by atoms with Crippen molar-refractivity contribution in [3.8, 4) is 5.75 Å². The zero-order valence-electron chi connectivity index (χ0n) is 15.1. The first kappa shape index (κ1) is 20.3. The number of methoxy groups -OCH3 is 1. The van der Waals surface area contributed by atoms with Gasteiger partial charge in [-0.1, -0.05) is 18.2 Å². The molecule has 0 aliphatic carbocycles. The molecular weight excluding hydrogens is 416 g/mol. The Balaban J connectivity index is 1.97. The van der Waals surface area contributed by atoms with Crippen LogP contribution in [0.25, 0.3) is 0 Å². The van der Waals surface area contributed by atoms with E-state index in [2.05, 4.69) is 15.2 Å². The van der Waals surface area contributed by atoms with E-state index in [4.69, 9.17) is 4.74 Å². The van der Waals surface area contributed by atoms with Crippen LogP contribution in [-0.4, -0.2) is 26.7 Å². The van der Waals surface area contributed by atoms with Crippen LogP contribution in [0.3, 0.4) is 0 Å². The first-order valence-corrected chi connectivity index (χ1v) is 10.5. The maximum Gasteiger partial charge on any atom is 0.270 e. The molecule has 0 bridgehead atoms. The summed E-state index contributed by atoms with van der Waals surface area (Å²) in [5.41, 5.74) is 2.57. The van der Waals surface area contributed by atoms with E-state index in [1.165, 1.54) is 42.9 Å². The predicted octanol–water partition coefficient (Wildman–Crippen LogP) is 3.91. The van der Waals surface area contributed by atoms with E-state index in [1.54, 1.807) is 18.2 Å². The van der Waals surface area contributed by atoms with Crippen LogP contribution >= 0.6 is 11.3 Å². The van der Waals surface area contributed by atoms with E-state index < -0.39 is 14.9 Å². The molecule has 9 nitrogen and oxygen atoms in total. The standard InChI is InChI=1S/C18H16N4O5S2/c1-27-17-7-3-2-6-15(17)21-29(25,26)18-11-13(22(23)24)8-9-16(18)20-19-12-14-5-4-10-28-14/h2-12,20-21H,1H3. The average Bonchev–Trinajstić information content (AvgIpc) is 3.21. The Hall–Kier alpha value is -3.44. The monoisotopic (exact) mass is 432 g/mol. The minimum Gasteiger partial charge on any atom is -0.495 e. The minimum absolute atomic E-state index is 0.0887. The van der Waals surface area contributed by atoms with E-state index >= 15 is 0 Å². The van der Waals surface area contributed by atoms with Crippen LogP contribution in [0.15, 0.2) is 70.0 Å². The second-order valence-electron chi connectivity index (χ2n) is 5.63. The molecule has 0 fully saturated rings. The molecule has 29 heavy (non-hydrogen) atoms. The summed E-state index contributed by atoms with van der Waals surface area (Å²) in [6.07, 6.45) is 1.52. The van der Waals surface area contributed by atoms with Crippen LogP contribution in [0.2, 0.25) is 0 Å². The number of para-hydroxylation sites is 2. The number of ether oxygens (including phenoxy) is 1. The quantitative estimate of drug-likeness (QED) is 0.316. The van der Waals surface area contributed by atoms with E-state index in [-0.39, 0.29) is 22.0 Å². The number of benzene rings is 2. The molecule has 0 spiro atoms. The van der Waals surface area contributed by atoms with Gasteiger partial charge in [0.25, 0.3) is 15.7 Å². The summed E-state index contributed by atoms with van der Waals surface area (Å²) < 4.78 is 33.5. The van der Waals surface area contributed by atoms with Gasteiger partial charge in [0.2, 0.25) is 0 Å². The number of nitrogens with zero attached hydrogens (tertiary/aromatic N) is 2. The number of hydrazone groups is 1. The molecule has 3 aromatic rings. The van der Waals surface area contributed by atoms with Crippen LogP contribution in [0.5, 0.6) is 5.75 Å². The molecule has 0 radical (unpaired) electrons. The zero-order valence-corrected chi connectivity index (χ0v) is 16.7. The Labute approximate surface area is 170 Å². The summed E-state index contributed by atoms with van der Waals surface area (Å²) in [6, 6.07) is 13.6. The normalized spacial score (nSPS) is 11.3. The maximum absolute atomic E-state index is 13.0. The molecule has 2 N–H and O–H groups in total.